The van der Waals surface area contributed by atoms with E-state index in [9.17, 15) is 5.11 Å². The molecule has 0 radical (unpaired) electrons. The number of nitrogens with zero attached hydrogens (tertiary/aromatic N) is 1. The molecule has 2 heterocycles. The van der Waals surface area contributed by atoms with Gasteiger partial charge in [0.25, 0.3) is 0 Å². The molecule has 0 saturated carbocycles. The van der Waals surface area contributed by atoms with Gasteiger partial charge in [-0.15, -0.1) is 0 Å². The Labute approximate surface area is 97.1 Å². The molecule has 3 nitrogen and oxygen atoms in total. The number of aliphatic hydroxyl groups excluding tert-OH is 1. The SMILES string of the molecule is CC1(C)C(CO)CCCN1Cc1ccco1. The molecule has 1 aliphatic heterocycles. The average molecular weight is 223 g/mol. The maximum absolute atomic E-state index is 9.42. The van der Waals surface area contributed by atoms with Gasteiger partial charge >= 0.3 is 0 Å². The first-order valence-corrected chi connectivity index (χ1v) is 6.03. The molecule has 0 aromatic carbocycles. The van der Waals surface area contributed by atoms with Crippen LogP contribution >= 0.6 is 0 Å². The van der Waals surface area contributed by atoms with Crippen LogP contribution in [0.25, 0.3) is 0 Å². The highest BCUT2D eigenvalue weighted by atomic mass is 16.3. The van der Waals surface area contributed by atoms with Crippen molar-refractivity contribution >= 4 is 0 Å². The molecule has 1 aliphatic rings. The quantitative estimate of drug-likeness (QED) is 0.854. The highest BCUT2D eigenvalue weighted by Crippen LogP contribution is 2.33. The Morgan fingerprint density at radius 3 is 3.00 bits per heavy atom. The Morgan fingerprint density at radius 1 is 1.56 bits per heavy atom. The van der Waals surface area contributed by atoms with Gasteiger partial charge in [0.1, 0.15) is 5.76 Å². The predicted molar refractivity (Wildman–Crippen MR) is 63.0 cm³/mol. The molecule has 2 rings (SSSR count). The topological polar surface area (TPSA) is 36.6 Å². The molecule has 16 heavy (non-hydrogen) atoms. The fourth-order valence-corrected chi connectivity index (χ4v) is 2.62. The summed E-state index contributed by atoms with van der Waals surface area (Å²) in [4.78, 5) is 2.41. The van der Waals surface area contributed by atoms with Crippen molar-refractivity contribution in [2.75, 3.05) is 13.2 Å². The van der Waals surface area contributed by atoms with E-state index >= 15 is 0 Å². The summed E-state index contributed by atoms with van der Waals surface area (Å²) < 4.78 is 5.39. The lowest BCUT2D eigenvalue weighted by Crippen LogP contribution is -2.53. The monoisotopic (exact) mass is 223 g/mol. The van der Waals surface area contributed by atoms with Crippen LogP contribution in [-0.4, -0.2) is 28.7 Å². The summed E-state index contributed by atoms with van der Waals surface area (Å²) in [5.41, 5.74) is 0.0553. The average Bonchev–Trinajstić information content (AvgIpc) is 2.73. The maximum Gasteiger partial charge on any atom is 0.117 e. The summed E-state index contributed by atoms with van der Waals surface area (Å²) in [6.07, 6.45) is 4.00. The lowest BCUT2D eigenvalue weighted by Gasteiger charge is -2.47. The molecule has 1 aromatic rings. The molecule has 1 saturated heterocycles. The van der Waals surface area contributed by atoms with Crippen molar-refractivity contribution in [2.24, 2.45) is 5.92 Å². The van der Waals surface area contributed by atoms with Gasteiger partial charge in [0.15, 0.2) is 0 Å². The Kier molecular flexibility index (Phi) is 3.36. The van der Waals surface area contributed by atoms with Crippen LogP contribution in [0.15, 0.2) is 22.8 Å². The lowest BCUT2D eigenvalue weighted by atomic mass is 9.79. The van der Waals surface area contributed by atoms with Crippen LogP contribution in [0.4, 0.5) is 0 Å². The molecule has 1 fully saturated rings. The number of likely N-dealkylation sites (tertiary alicyclic amines) is 1. The van der Waals surface area contributed by atoms with Crippen LogP contribution in [0.3, 0.4) is 0 Å². The number of piperidine rings is 1. The second-order valence-corrected chi connectivity index (χ2v) is 5.18. The fourth-order valence-electron chi connectivity index (χ4n) is 2.62. The van der Waals surface area contributed by atoms with Crippen molar-refractivity contribution in [3.8, 4) is 0 Å². The van der Waals surface area contributed by atoms with Gasteiger partial charge in [0.05, 0.1) is 12.8 Å². The van der Waals surface area contributed by atoms with Gasteiger partial charge in [-0.05, 0) is 51.3 Å². The Morgan fingerprint density at radius 2 is 2.38 bits per heavy atom. The van der Waals surface area contributed by atoms with Gasteiger partial charge in [-0.3, -0.25) is 4.90 Å². The molecule has 0 amide bonds. The van der Waals surface area contributed by atoms with Crippen molar-refractivity contribution in [2.45, 2.75) is 38.8 Å². The van der Waals surface area contributed by atoms with Crippen LogP contribution < -0.4 is 0 Å². The molecule has 1 N–H and O–H groups in total. The third-order valence-corrected chi connectivity index (χ3v) is 3.94. The maximum atomic E-state index is 9.42. The molecular weight excluding hydrogens is 202 g/mol. The number of rotatable bonds is 3. The molecule has 90 valence electrons. The number of hydrogen-bond acceptors (Lipinski definition) is 3. The van der Waals surface area contributed by atoms with E-state index in [-0.39, 0.29) is 12.1 Å². The number of hydrogen-bond donors (Lipinski definition) is 1. The van der Waals surface area contributed by atoms with E-state index in [0.29, 0.717) is 5.92 Å². The third-order valence-electron chi connectivity index (χ3n) is 3.94. The van der Waals surface area contributed by atoms with E-state index in [1.807, 2.05) is 12.1 Å². The summed E-state index contributed by atoms with van der Waals surface area (Å²) in [5, 5.41) is 9.42. The molecule has 0 spiro atoms. The molecular formula is C13H21NO2. The molecule has 0 bridgehead atoms. The van der Waals surface area contributed by atoms with Crippen LogP contribution in [0.5, 0.6) is 0 Å². The summed E-state index contributed by atoms with van der Waals surface area (Å²) in [7, 11) is 0. The molecule has 0 aliphatic carbocycles. The second kappa shape index (κ2) is 4.60. The van der Waals surface area contributed by atoms with Crippen LogP contribution in [0.2, 0.25) is 0 Å². The first kappa shape index (κ1) is 11.7. The largest absolute Gasteiger partial charge is 0.468 e. The van der Waals surface area contributed by atoms with Gasteiger partial charge in [-0.2, -0.15) is 0 Å². The number of aliphatic hydroxyl groups is 1. The van der Waals surface area contributed by atoms with Gasteiger partial charge in [-0.25, -0.2) is 0 Å². The van der Waals surface area contributed by atoms with Crippen LogP contribution in [0.1, 0.15) is 32.4 Å². The van der Waals surface area contributed by atoms with E-state index in [0.717, 1.165) is 31.7 Å². The van der Waals surface area contributed by atoms with Crippen molar-refractivity contribution in [3.05, 3.63) is 24.2 Å². The van der Waals surface area contributed by atoms with E-state index in [4.69, 9.17) is 4.42 Å². The van der Waals surface area contributed by atoms with E-state index < -0.39 is 0 Å². The van der Waals surface area contributed by atoms with Crippen molar-refractivity contribution in [3.63, 3.8) is 0 Å². The van der Waals surface area contributed by atoms with Gasteiger partial charge in [0, 0.05) is 12.1 Å². The summed E-state index contributed by atoms with van der Waals surface area (Å²) in [6.45, 7) is 6.65. The van der Waals surface area contributed by atoms with E-state index in [1.54, 1.807) is 6.26 Å². The summed E-state index contributed by atoms with van der Waals surface area (Å²) in [5.74, 6) is 1.38. The lowest BCUT2D eigenvalue weighted by molar-refractivity contribution is -0.0135. The van der Waals surface area contributed by atoms with Gasteiger partial charge < -0.3 is 9.52 Å². The van der Waals surface area contributed by atoms with E-state index in [2.05, 4.69) is 18.7 Å². The van der Waals surface area contributed by atoms with E-state index in [1.165, 1.54) is 0 Å². The zero-order chi connectivity index (χ0) is 11.6. The Hall–Kier alpha value is -0.800. The predicted octanol–water partition coefficient (Wildman–Crippen LogP) is 2.26. The Bertz CT molecular complexity index is 319. The van der Waals surface area contributed by atoms with Crippen molar-refractivity contribution in [1.29, 1.82) is 0 Å². The van der Waals surface area contributed by atoms with Gasteiger partial charge in [-0.1, -0.05) is 0 Å². The van der Waals surface area contributed by atoms with Crippen LogP contribution in [0, 0.1) is 5.92 Å². The minimum absolute atomic E-state index is 0.0553. The second-order valence-electron chi connectivity index (χ2n) is 5.18. The highest BCUT2D eigenvalue weighted by Gasteiger charge is 2.38. The smallest absolute Gasteiger partial charge is 0.117 e. The molecule has 1 unspecified atom stereocenters. The standard InChI is InChI=1S/C13H21NO2/c1-13(2)11(10-15)5-3-7-14(13)9-12-6-4-8-16-12/h4,6,8,11,15H,3,5,7,9-10H2,1-2H3. The highest BCUT2D eigenvalue weighted by molar-refractivity contribution is 5.01. The minimum Gasteiger partial charge on any atom is -0.468 e. The summed E-state index contributed by atoms with van der Waals surface area (Å²) >= 11 is 0. The number of furan rings is 1. The zero-order valence-electron chi connectivity index (χ0n) is 10.1. The normalized spacial score (nSPS) is 25.8. The first-order chi connectivity index (χ1) is 7.64. The fraction of sp³-hybridized carbons (Fsp3) is 0.692. The molecule has 1 atom stereocenters. The zero-order valence-corrected chi connectivity index (χ0v) is 10.1. The molecule has 3 heteroatoms. The third kappa shape index (κ3) is 2.15. The van der Waals surface area contributed by atoms with Crippen LogP contribution in [-0.2, 0) is 6.54 Å². The first-order valence-electron chi connectivity index (χ1n) is 6.03. The Balaban J connectivity index is 2.08. The summed E-state index contributed by atoms with van der Waals surface area (Å²) in [6, 6.07) is 3.94. The minimum atomic E-state index is 0.0553. The molecule has 1 aromatic heterocycles. The van der Waals surface area contributed by atoms with Gasteiger partial charge in [0.2, 0.25) is 0 Å². The van der Waals surface area contributed by atoms with Crippen molar-refractivity contribution < 1.29 is 9.52 Å². The van der Waals surface area contributed by atoms with Crippen molar-refractivity contribution in [1.82, 2.24) is 4.90 Å².